The summed E-state index contributed by atoms with van der Waals surface area (Å²) in [4.78, 5) is 25.3. The molecule has 2 N–H and O–H groups in total. The highest BCUT2D eigenvalue weighted by Crippen LogP contribution is 2.29. The number of alkyl halides is 3. The number of hydroxylamine groups is 1. The number of nitrogens with one attached hydrogen (secondary N) is 2. The Kier molecular flexibility index (Phi) is 5.85. The van der Waals surface area contributed by atoms with Crippen LogP contribution in [-0.2, 0) is 17.6 Å². The Bertz CT molecular complexity index is 932. The van der Waals surface area contributed by atoms with Gasteiger partial charge < -0.3 is 5.32 Å². The van der Waals surface area contributed by atoms with E-state index in [1.807, 2.05) is 0 Å². The molecule has 0 saturated carbocycles. The van der Waals surface area contributed by atoms with Crippen LogP contribution < -0.4 is 10.8 Å². The second-order valence-electron chi connectivity index (χ2n) is 5.69. The normalized spacial score (nSPS) is 11.1. The second kappa shape index (κ2) is 8.49. The van der Waals surface area contributed by atoms with E-state index >= 15 is 0 Å². The van der Waals surface area contributed by atoms with E-state index < -0.39 is 17.6 Å². The van der Waals surface area contributed by atoms with Gasteiger partial charge in [0.25, 0.3) is 5.91 Å². The molecule has 3 rings (SSSR count). The van der Waals surface area contributed by atoms with Gasteiger partial charge in [-0.05, 0) is 42.0 Å². The molecule has 28 heavy (non-hydrogen) atoms. The van der Waals surface area contributed by atoms with Gasteiger partial charge in [-0.25, -0.2) is 15.4 Å². The quantitative estimate of drug-likeness (QED) is 0.622. The summed E-state index contributed by atoms with van der Waals surface area (Å²) in [5, 5.41) is 2.96. The highest BCUT2D eigenvalue weighted by Gasteiger charge is 2.29. The molecule has 6 nitrogen and oxygen atoms in total. The summed E-state index contributed by atoms with van der Waals surface area (Å²) in [6.45, 7) is -0.0698. The minimum Gasteiger partial charge on any atom is -0.324 e. The molecule has 1 amide bonds. The van der Waals surface area contributed by atoms with Crippen molar-refractivity contribution in [2.75, 3.05) is 5.32 Å². The SMILES string of the molecule is O=C(NOCc1ccc(C(F)(F)F)cc1)c1cccc(Nc2ncccn2)c1. The van der Waals surface area contributed by atoms with Crippen LogP contribution in [0.5, 0.6) is 0 Å². The number of hydrogen-bond donors (Lipinski definition) is 2. The molecule has 0 aliphatic heterocycles. The monoisotopic (exact) mass is 388 g/mol. The van der Waals surface area contributed by atoms with Crippen molar-refractivity contribution in [3.8, 4) is 0 Å². The third-order valence-corrected chi connectivity index (χ3v) is 3.63. The third-order valence-electron chi connectivity index (χ3n) is 3.63. The topological polar surface area (TPSA) is 76.1 Å². The van der Waals surface area contributed by atoms with Gasteiger partial charge in [-0.15, -0.1) is 0 Å². The first-order valence-corrected chi connectivity index (χ1v) is 8.14. The highest BCUT2D eigenvalue weighted by molar-refractivity contribution is 5.94. The van der Waals surface area contributed by atoms with Crippen molar-refractivity contribution in [2.45, 2.75) is 12.8 Å². The first-order chi connectivity index (χ1) is 13.4. The van der Waals surface area contributed by atoms with Crippen molar-refractivity contribution >= 4 is 17.5 Å². The van der Waals surface area contributed by atoms with Gasteiger partial charge in [0, 0.05) is 23.6 Å². The number of benzene rings is 2. The maximum absolute atomic E-state index is 12.5. The molecule has 0 atom stereocenters. The molecule has 0 aliphatic carbocycles. The van der Waals surface area contributed by atoms with Crippen LogP contribution in [-0.4, -0.2) is 15.9 Å². The minimum atomic E-state index is -4.39. The van der Waals surface area contributed by atoms with Crippen molar-refractivity contribution in [1.82, 2.24) is 15.4 Å². The number of halogens is 3. The molecular formula is C19H15F3N4O2. The zero-order valence-corrected chi connectivity index (χ0v) is 14.4. The lowest BCUT2D eigenvalue weighted by Gasteiger charge is -2.09. The van der Waals surface area contributed by atoms with E-state index in [1.54, 1.807) is 42.7 Å². The maximum Gasteiger partial charge on any atom is 0.416 e. The Balaban J connectivity index is 1.54. The number of rotatable bonds is 6. The minimum absolute atomic E-state index is 0.0698. The number of anilines is 2. The fourth-order valence-electron chi connectivity index (χ4n) is 2.26. The first kappa shape index (κ1) is 19.3. The molecule has 0 saturated heterocycles. The van der Waals surface area contributed by atoms with E-state index in [1.165, 1.54) is 12.1 Å². The molecular weight excluding hydrogens is 373 g/mol. The Morgan fingerprint density at radius 1 is 1.00 bits per heavy atom. The molecule has 0 aliphatic rings. The number of nitrogens with zero attached hydrogens (tertiary/aromatic N) is 2. The number of hydrogen-bond acceptors (Lipinski definition) is 5. The lowest BCUT2D eigenvalue weighted by molar-refractivity contribution is -0.137. The Morgan fingerprint density at radius 3 is 2.39 bits per heavy atom. The van der Waals surface area contributed by atoms with Crippen molar-refractivity contribution < 1.29 is 22.8 Å². The van der Waals surface area contributed by atoms with Gasteiger partial charge >= 0.3 is 6.18 Å². The first-order valence-electron chi connectivity index (χ1n) is 8.14. The molecule has 2 aromatic carbocycles. The van der Waals surface area contributed by atoms with E-state index in [2.05, 4.69) is 20.8 Å². The van der Waals surface area contributed by atoms with Crippen LogP contribution in [0.25, 0.3) is 0 Å². The fourth-order valence-corrected chi connectivity index (χ4v) is 2.26. The van der Waals surface area contributed by atoms with Crippen molar-refractivity contribution in [3.63, 3.8) is 0 Å². The summed E-state index contributed by atoms with van der Waals surface area (Å²) in [5.41, 5.74) is 2.95. The molecule has 0 fully saturated rings. The van der Waals surface area contributed by atoms with E-state index in [9.17, 15) is 18.0 Å². The average molecular weight is 388 g/mol. The Hall–Kier alpha value is -3.46. The van der Waals surface area contributed by atoms with Gasteiger partial charge in [0.1, 0.15) is 0 Å². The van der Waals surface area contributed by atoms with Crippen molar-refractivity contribution in [1.29, 1.82) is 0 Å². The molecule has 144 valence electrons. The van der Waals surface area contributed by atoms with Gasteiger partial charge in [-0.2, -0.15) is 13.2 Å². The molecule has 1 aromatic heterocycles. The van der Waals surface area contributed by atoms with Gasteiger partial charge in [0.2, 0.25) is 5.95 Å². The zero-order valence-electron chi connectivity index (χ0n) is 14.4. The summed E-state index contributed by atoms with van der Waals surface area (Å²) in [7, 11) is 0. The maximum atomic E-state index is 12.5. The van der Waals surface area contributed by atoms with Crippen LogP contribution in [0.1, 0.15) is 21.5 Å². The van der Waals surface area contributed by atoms with Crippen LogP contribution in [0.2, 0.25) is 0 Å². The fraction of sp³-hybridized carbons (Fsp3) is 0.105. The van der Waals surface area contributed by atoms with E-state index in [4.69, 9.17) is 4.84 Å². The lowest BCUT2D eigenvalue weighted by atomic mass is 10.1. The summed E-state index contributed by atoms with van der Waals surface area (Å²) >= 11 is 0. The standard InChI is InChI=1S/C19H15F3N4O2/c20-19(21,22)15-7-5-13(6-8-15)12-28-26-17(27)14-3-1-4-16(11-14)25-18-23-9-2-10-24-18/h1-11H,12H2,(H,26,27)(H,23,24,25). The highest BCUT2D eigenvalue weighted by atomic mass is 19.4. The Morgan fingerprint density at radius 2 is 1.71 bits per heavy atom. The van der Waals surface area contributed by atoms with Crippen LogP contribution in [0.3, 0.4) is 0 Å². The van der Waals surface area contributed by atoms with E-state index in [-0.39, 0.29) is 6.61 Å². The molecule has 3 aromatic rings. The van der Waals surface area contributed by atoms with Gasteiger partial charge in [-0.1, -0.05) is 18.2 Å². The van der Waals surface area contributed by atoms with Gasteiger partial charge in [0.15, 0.2) is 0 Å². The largest absolute Gasteiger partial charge is 0.416 e. The van der Waals surface area contributed by atoms with Gasteiger partial charge in [0.05, 0.1) is 12.2 Å². The summed E-state index contributed by atoms with van der Waals surface area (Å²) < 4.78 is 37.6. The van der Waals surface area contributed by atoms with Crippen LogP contribution in [0.15, 0.2) is 67.0 Å². The Labute approximate surface area is 158 Å². The third kappa shape index (κ3) is 5.27. The van der Waals surface area contributed by atoms with Crippen LogP contribution in [0.4, 0.5) is 24.8 Å². The molecule has 0 spiro atoms. The molecule has 0 radical (unpaired) electrons. The number of aromatic nitrogens is 2. The zero-order chi connectivity index (χ0) is 20.0. The van der Waals surface area contributed by atoms with Gasteiger partial charge in [-0.3, -0.25) is 9.63 Å². The second-order valence-corrected chi connectivity index (χ2v) is 5.69. The molecule has 0 unspecified atom stereocenters. The summed E-state index contributed by atoms with van der Waals surface area (Å²) in [5.74, 6) is -0.108. The predicted molar refractivity (Wildman–Crippen MR) is 95.5 cm³/mol. The molecule has 1 heterocycles. The predicted octanol–water partition coefficient (Wildman–Crippen LogP) is 4.10. The van der Waals surface area contributed by atoms with E-state index in [0.29, 0.717) is 22.8 Å². The molecule has 9 heteroatoms. The van der Waals surface area contributed by atoms with Crippen molar-refractivity contribution in [3.05, 3.63) is 83.7 Å². The average Bonchev–Trinajstić information content (AvgIpc) is 2.68. The number of amides is 1. The lowest BCUT2D eigenvalue weighted by Crippen LogP contribution is -2.23. The van der Waals surface area contributed by atoms with Crippen LogP contribution >= 0.6 is 0 Å². The summed E-state index contributed by atoms with van der Waals surface area (Å²) in [6.07, 6.45) is -1.22. The van der Waals surface area contributed by atoms with Crippen molar-refractivity contribution in [2.24, 2.45) is 0 Å². The molecule has 0 bridgehead atoms. The number of carbonyl (C=O) groups excluding carboxylic acids is 1. The number of carbonyl (C=O) groups is 1. The smallest absolute Gasteiger partial charge is 0.324 e. The van der Waals surface area contributed by atoms with E-state index in [0.717, 1.165) is 12.1 Å². The van der Waals surface area contributed by atoms with Crippen LogP contribution in [0, 0.1) is 0 Å². The summed E-state index contributed by atoms with van der Waals surface area (Å²) in [6, 6.07) is 12.8.